The number of benzene rings is 1. The van der Waals surface area contributed by atoms with Crippen molar-refractivity contribution in [3.8, 4) is 0 Å². The van der Waals surface area contributed by atoms with E-state index in [2.05, 4.69) is 30.1 Å². The molecule has 0 saturated heterocycles. The van der Waals surface area contributed by atoms with Gasteiger partial charge in [-0.25, -0.2) is 4.99 Å². The molecule has 0 radical (unpaired) electrons. The highest BCUT2D eigenvalue weighted by atomic mass is 32.2. The Bertz CT molecular complexity index is 352. The van der Waals surface area contributed by atoms with Gasteiger partial charge in [0.05, 0.1) is 10.7 Å². The Hall–Kier alpha value is -1.02. The van der Waals surface area contributed by atoms with Crippen molar-refractivity contribution in [2.75, 3.05) is 5.75 Å². The van der Waals surface area contributed by atoms with Gasteiger partial charge >= 0.3 is 0 Å². The van der Waals surface area contributed by atoms with Crippen molar-refractivity contribution in [3.05, 3.63) is 42.0 Å². The molecule has 1 aromatic rings. The van der Waals surface area contributed by atoms with E-state index in [0.717, 1.165) is 16.5 Å². The Kier molecular flexibility index (Phi) is 2.50. The summed E-state index contributed by atoms with van der Waals surface area (Å²) in [5.74, 6) is 1.04. The predicted molar refractivity (Wildman–Crippen MR) is 60.0 cm³/mol. The minimum Gasteiger partial charge on any atom is -0.247 e. The second kappa shape index (κ2) is 3.79. The molecule has 0 unspecified atom stereocenters. The van der Waals surface area contributed by atoms with Crippen molar-refractivity contribution in [3.63, 3.8) is 0 Å². The minimum absolute atomic E-state index is 1.04. The summed E-state index contributed by atoms with van der Waals surface area (Å²) < 4.78 is 0. The molecule has 0 bridgehead atoms. The van der Waals surface area contributed by atoms with Crippen LogP contribution >= 0.6 is 11.8 Å². The third-order valence-corrected chi connectivity index (χ3v) is 2.76. The minimum atomic E-state index is 1.04. The maximum absolute atomic E-state index is 4.49. The Morgan fingerprint density at radius 3 is 2.69 bits per heavy atom. The Morgan fingerprint density at radius 2 is 2.00 bits per heavy atom. The molecule has 0 saturated carbocycles. The zero-order valence-corrected chi connectivity index (χ0v) is 8.34. The monoisotopic (exact) mass is 189 g/mol. The van der Waals surface area contributed by atoms with Gasteiger partial charge < -0.3 is 0 Å². The summed E-state index contributed by atoms with van der Waals surface area (Å²) in [4.78, 5) is 4.49. The average molecular weight is 189 g/mol. The molecule has 0 fully saturated rings. The molecule has 1 aliphatic rings. The van der Waals surface area contributed by atoms with Crippen LogP contribution in [0.5, 0.6) is 0 Å². The predicted octanol–water partition coefficient (Wildman–Crippen LogP) is 3.19. The van der Waals surface area contributed by atoms with Gasteiger partial charge in [-0.2, -0.15) is 0 Å². The molecule has 2 rings (SSSR count). The van der Waals surface area contributed by atoms with Gasteiger partial charge in [0.2, 0.25) is 0 Å². The lowest BCUT2D eigenvalue weighted by Crippen LogP contribution is -1.94. The molecule has 0 N–H and O–H groups in total. The first-order valence-electron chi connectivity index (χ1n) is 4.30. The highest BCUT2D eigenvalue weighted by molar-refractivity contribution is 8.14. The van der Waals surface area contributed by atoms with E-state index in [4.69, 9.17) is 0 Å². The fourth-order valence-electron chi connectivity index (χ4n) is 1.28. The largest absolute Gasteiger partial charge is 0.247 e. The van der Waals surface area contributed by atoms with Gasteiger partial charge in [-0.1, -0.05) is 30.3 Å². The third-order valence-electron chi connectivity index (χ3n) is 1.92. The summed E-state index contributed by atoms with van der Waals surface area (Å²) in [5.41, 5.74) is 2.32. The van der Waals surface area contributed by atoms with Crippen LogP contribution in [-0.4, -0.2) is 10.8 Å². The maximum atomic E-state index is 4.49. The molecule has 1 aromatic carbocycles. The third kappa shape index (κ3) is 2.01. The molecule has 1 nitrogen and oxygen atoms in total. The van der Waals surface area contributed by atoms with Crippen molar-refractivity contribution in [2.24, 2.45) is 4.99 Å². The normalized spacial score (nSPS) is 16.4. The summed E-state index contributed by atoms with van der Waals surface area (Å²) in [5, 5.41) is 1.15. The van der Waals surface area contributed by atoms with Crippen LogP contribution in [0.2, 0.25) is 0 Å². The quantitative estimate of drug-likeness (QED) is 0.661. The van der Waals surface area contributed by atoms with E-state index >= 15 is 0 Å². The molecule has 13 heavy (non-hydrogen) atoms. The van der Waals surface area contributed by atoms with Gasteiger partial charge in [0.1, 0.15) is 0 Å². The molecule has 0 amide bonds. The van der Waals surface area contributed by atoms with E-state index in [-0.39, 0.29) is 0 Å². The van der Waals surface area contributed by atoms with Crippen molar-refractivity contribution >= 4 is 22.5 Å². The van der Waals surface area contributed by atoms with Gasteiger partial charge in [0.15, 0.2) is 0 Å². The summed E-state index contributed by atoms with van der Waals surface area (Å²) in [6, 6.07) is 10.3. The van der Waals surface area contributed by atoms with Crippen molar-refractivity contribution in [1.82, 2.24) is 0 Å². The van der Waals surface area contributed by atoms with Crippen LogP contribution < -0.4 is 0 Å². The second-order valence-electron chi connectivity index (χ2n) is 2.90. The summed E-state index contributed by atoms with van der Waals surface area (Å²) >= 11 is 1.79. The van der Waals surface area contributed by atoms with E-state index in [1.165, 1.54) is 5.56 Å². The van der Waals surface area contributed by atoms with E-state index in [1.807, 2.05) is 18.2 Å². The molecule has 0 atom stereocenters. The Labute approximate surface area is 82.6 Å². The van der Waals surface area contributed by atoms with Crippen LogP contribution in [-0.2, 0) is 0 Å². The summed E-state index contributed by atoms with van der Waals surface area (Å²) in [7, 11) is 0. The molecule has 0 spiro atoms. The van der Waals surface area contributed by atoms with Gasteiger partial charge in [-0.15, -0.1) is 11.8 Å². The molecular formula is C11H11NS. The zero-order chi connectivity index (χ0) is 9.10. The number of hydrogen-bond acceptors (Lipinski definition) is 2. The van der Waals surface area contributed by atoms with E-state index < -0.39 is 0 Å². The molecule has 1 heterocycles. The lowest BCUT2D eigenvalue weighted by Gasteiger charge is -2.09. The van der Waals surface area contributed by atoms with Crippen LogP contribution in [0, 0.1) is 0 Å². The summed E-state index contributed by atoms with van der Waals surface area (Å²) in [6.45, 7) is 2.06. The molecular weight excluding hydrogens is 178 g/mol. The Morgan fingerprint density at radius 1 is 1.23 bits per heavy atom. The van der Waals surface area contributed by atoms with Crippen LogP contribution in [0.15, 0.2) is 41.4 Å². The smallest absolute Gasteiger partial charge is 0.0710 e. The first-order valence-corrected chi connectivity index (χ1v) is 5.28. The second-order valence-corrected chi connectivity index (χ2v) is 4.11. The number of thioether (sulfide) groups is 1. The first-order chi connectivity index (χ1) is 6.36. The van der Waals surface area contributed by atoms with Crippen molar-refractivity contribution in [1.29, 1.82) is 0 Å². The van der Waals surface area contributed by atoms with Gasteiger partial charge in [0, 0.05) is 5.75 Å². The van der Waals surface area contributed by atoms with Gasteiger partial charge in [-0.3, -0.25) is 0 Å². The first kappa shape index (κ1) is 8.57. The number of aliphatic imine (C=N–C) groups is 1. The highest BCUT2D eigenvalue weighted by Crippen LogP contribution is 2.23. The lowest BCUT2D eigenvalue weighted by molar-refractivity contribution is 1.47. The summed E-state index contributed by atoms with van der Waals surface area (Å²) in [6.07, 6.45) is 2.17. The number of rotatable bonds is 1. The molecule has 1 aliphatic heterocycles. The van der Waals surface area contributed by atoms with Crippen LogP contribution in [0.4, 0.5) is 0 Å². The standard InChI is InChI=1S/C11H11NS/c1-9-12-11(7-8-13-9)10-5-3-2-4-6-10/h2-7H,8H2,1H3. The molecule has 0 aliphatic carbocycles. The van der Waals surface area contributed by atoms with Crippen LogP contribution in [0.25, 0.3) is 5.70 Å². The number of hydrogen-bond donors (Lipinski definition) is 0. The topological polar surface area (TPSA) is 12.4 Å². The fourth-order valence-corrected chi connectivity index (χ4v) is 1.93. The van der Waals surface area contributed by atoms with Gasteiger partial charge in [0.25, 0.3) is 0 Å². The maximum Gasteiger partial charge on any atom is 0.0710 e. The SMILES string of the molecule is CC1=NC(c2ccccc2)=CCS1. The molecule has 66 valence electrons. The Balaban J connectivity index is 2.33. The van der Waals surface area contributed by atoms with Crippen LogP contribution in [0.3, 0.4) is 0 Å². The van der Waals surface area contributed by atoms with E-state index in [0.29, 0.717) is 0 Å². The van der Waals surface area contributed by atoms with Crippen LogP contribution in [0.1, 0.15) is 12.5 Å². The number of nitrogens with zero attached hydrogens (tertiary/aromatic N) is 1. The van der Waals surface area contributed by atoms with Crippen molar-refractivity contribution in [2.45, 2.75) is 6.92 Å². The van der Waals surface area contributed by atoms with E-state index in [9.17, 15) is 0 Å². The van der Waals surface area contributed by atoms with Gasteiger partial charge in [-0.05, 0) is 18.6 Å². The fraction of sp³-hybridized carbons (Fsp3) is 0.182. The van der Waals surface area contributed by atoms with Crippen molar-refractivity contribution < 1.29 is 0 Å². The molecule has 2 heteroatoms. The lowest BCUT2D eigenvalue weighted by atomic mass is 10.1. The van der Waals surface area contributed by atoms with E-state index in [1.54, 1.807) is 11.8 Å². The average Bonchev–Trinajstić information content (AvgIpc) is 2.19. The highest BCUT2D eigenvalue weighted by Gasteiger charge is 2.04. The molecule has 0 aromatic heterocycles. The zero-order valence-electron chi connectivity index (χ0n) is 7.53.